The number of piperidine rings is 1. The second-order valence-corrected chi connectivity index (χ2v) is 6.34. The number of carbonyl (C=O) groups excluding carboxylic acids is 1. The maximum atomic E-state index is 12.6. The highest BCUT2D eigenvalue weighted by molar-refractivity contribution is 5.93. The van der Waals surface area contributed by atoms with Gasteiger partial charge >= 0.3 is 0 Å². The summed E-state index contributed by atoms with van der Waals surface area (Å²) in [6, 6.07) is 9.71. The Balaban J connectivity index is 1.74. The summed E-state index contributed by atoms with van der Waals surface area (Å²) in [5.41, 5.74) is 2.32. The van der Waals surface area contributed by atoms with Crippen molar-refractivity contribution in [2.75, 3.05) is 27.2 Å². The first-order valence-electron chi connectivity index (χ1n) is 8.24. The lowest BCUT2D eigenvalue weighted by atomic mass is 10.1. The van der Waals surface area contributed by atoms with Crippen molar-refractivity contribution < 1.29 is 9.53 Å². The van der Waals surface area contributed by atoms with Gasteiger partial charge in [-0.2, -0.15) is 5.10 Å². The fraction of sp³-hybridized carbons (Fsp3) is 0.444. The zero-order valence-electron chi connectivity index (χ0n) is 14.5. The molecule has 3 rings (SSSR count). The largest absolute Gasteiger partial charge is 0.497 e. The summed E-state index contributed by atoms with van der Waals surface area (Å²) in [6.07, 6.45) is 2.14. The first-order valence-corrected chi connectivity index (χ1v) is 8.24. The minimum Gasteiger partial charge on any atom is -0.497 e. The topological polar surface area (TPSA) is 59.4 Å². The number of nitrogens with zero attached hydrogens (tertiary/aromatic N) is 3. The average Bonchev–Trinajstić information content (AvgIpc) is 2.97. The zero-order valence-corrected chi connectivity index (χ0v) is 14.5. The molecule has 1 aromatic carbocycles. The van der Waals surface area contributed by atoms with E-state index in [0.717, 1.165) is 42.9 Å². The number of methoxy groups -OCH3 is 1. The molecule has 1 saturated heterocycles. The molecule has 6 nitrogen and oxygen atoms in total. The van der Waals surface area contributed by atoms with Crippen LogP contribution in [0.1, 0.15) is 23.3 Å². The number of nitrogens with one attached hydrogen (secondary N) is 1. The van der Waals surface area contributed by atoms with Crippen molar-refractivity contribution in [3.05, 3.63) is 36.0 Å². The zero-order chi connectivity index (χ0) is 17.1. The molecule has 2 heterocycles. The number of rotatable bonds is 4. The SMILES string of the molecule is COc1ccc(-c2cc(C(=O)NC3CCCN(C)C3)n(C)n2)cc1. The molecule has 2 aromatic rings. The molecule has 128 valence electrons. The number of aryl methyl sites for hydroxylation is 1. The molecule has 1 aliphatic heterocycles. The molecule has 0 bridgehead atoms. The minimum absolute atomic E-state index is 0.0648. The number of likely N-dealkylation sites (tertiary alicyclic amines) is 1. The van der Waals surface area contributed by atoms with Gasteiger partial charge in [-0.3, -0.25) is 9.48 Å². The lowest BCUT2D eigenvalue weighted by Crippen LogP contribution is -2.46. The van der Waals surface area contributed by atoms with Gasteiger partial charge in [0.15, 0.2) is 0 Å². The van der Waals surface area contributed by atoms with Crippen molar-refractivity contribution in [1.29, 1.82) is 0 Å². The van der Waals surface area contributed by atoms with Crippen molar-refractivity contribution in [2.45, 2.75) is 18.9 Å². The van der Waals surface area contributed by atoms with E-state index in [9.17, 15) is 4.79 Å². The lowest BCUT2D eigenvalue weighted by Gasteiger charge is -2.30. The van der Waals surface area contributed by atoms with Crippen LogP contribution >= 0.6 is 0 Å². The van der Waals surface area contributed by atoms with Crippen molar-refractivity contribution >= 4 is 5.91 Å². The summed E-state index contributed by atoms with van der Waals surface area (Å²) in [6.45, 7) is 1.99. The van der Waals surface area contributed by atoms with Gasteiger partial charge in [0.05, 0.1) is 12.8 Å². The Bertz CT molecular complexity index is 708. The van der Waals surface area contributed by atoms with E-state index in [2.05, 4.69) is 22.4 Å². The third kappa shape index (κ3) is 3.59. The Morgan fingerprint density at radius 3 is 2.71 bits per heavy atom. The molecule has 1 aromatic heterocycles. The van der Waals surface area contributed by atoms with Gasteiger partial charge in [0.1, 0.15) is 11.4 Å². The number of aromatic nitrogens is 2. The van der Waals surface area contributed by atoms with Gasteiger partial charge in [-0.1, -0.05) is 0 Å². The van der Waals surface area contributed by atoms with E-state index in [1.54, 1.807) is 18.8 Å². The molecule has 1 N–H and O–H groups in total. The van der Waals surface area contributed by atoms with Crippen LogP contribution in [0.25, 0.3) is 11.3 Å². The van der Waals surface area contributed by atoms with E-state index < -0.39 is 0 Å². The fourth-order valence-electron chi connectivity index (χ4n) is 3.13. The van der Waals surface area contributed by atoms with Crippen LogP contribution in [-0.4, -0.2) is 53.9 Å². The summed E-state index contributed by atoms with van der Waals surface area (Å²) in [5, 5.41) is 7.60. The van der Waals surface area contributed by atoms with E-state index in [-0.39, 0.29) is 11.9 Å². The average molecular weight is 328 g/mol. The van der Waals surface area contributed by atoms with Crippen molar-refractivity contribution in [3.8, 4) is 17.0 Å². The van der Waals surface area contributed by atoms with Crippen LogP contribution in [-0.2, 0) is 7.05 Å². The van der Waals surface area contributed by atoms with Gasteiger partial charge in [0.2, 0.25) is 0 Å². The van der Waals surface area contributed by atoms with Gasteiger partial charge in [-0.25, -0.2) is 0 Å². The normalized spacial score (nSPS) is 18.4. The van der Waals surface area contributed by atoms with Gasteiger partial charge in [-0.15, -0.1) is 0 Å². The molecule has 24 heavy (non-hydrogen) atoms. The first-order chi connectivity index (χ1) is 11.6. The number of ether oxygens (including phenoxy) is 1. The Kier molecular flexibility index (Phi) is 4.85. The summed E-state index contributed by atoms with van der Waals surface area (Å²) in [7, 11) is 5.53. The Labute approximate surface area is 142 Å². The number of hydrogen-bond donors (Lipinski definition) is 1. The molecule has 1 fully saturated rings. The number of carbonyl (C=O) groups is 1. The first kappa shape index (κ1) is 16.5. The van der Waals surface area contributed by atoms with E-state index in [1.165, 1.54) is 0 Å². The van der Waals surface area contributed by atoms with Crippen LogP contribution in [0.15, 0.2) is 30.3 Å². The maximum absolute atomic E-state index is 12.6. The highest BCUT2D eigenvalue weighted by Crippen LogP contribution is 2.22. The molecular weight excluding hydrogens is 304 g/mol. The van der Waals surface area contributed by atoms with Crippen molar-refractivity contribution in [3.63, 3.8) is 0 Å². The minimum atomic E-state index is -0.0648. The van der Waals surface area contributed by atoms with Gasteiger partial charge < -0.3 is 15.0 Å². The molecule has 1 unspecified atom stereocenters. The standard InChI is InChI=1S/C18H24N4O2/c1-21-10-4-5-14(12-21)19-18(23)17-11-16(20-22(17)2)13-6-8-15(24-3)9-7-13/h6-9,11,14H,4-5,10,12H2,1-3H3,(H,19,23). The second kappa shape index (κ2) is 7.05. The van der Waals surface area contributed by atoms with E-state index in [0.29, 0.717) is 5.69 Å². The number of amides is 1. The van der Waals surface area contributed by atoms with E-state index >= 15 is 0 Å². The second-order valence-electron chi connectivity index (χ2n) is 6.34. The number of benzene rings is 1. The Morgan fingerprint density at radius 1 is 1.29 bits per heavy atom. The molecular formula is C18H24N4O2. The molecule has 0 radical (unpaired) electrons. The van der Waals surface area contributed by atoms with E-state index in [1.807, 2.05) is 30.3 Å². The third-order valence-corrected chi connectivity index (χ3v) is 4.46. The molecule has 0 aliphatic carbocycles. The van der Waals surface area contributed by atoms with Crippen LogP contribution in [0.2, 0.25) is 0 Å². The summed E-state index contributed by atoms with van der Waals surface area (Å²) >= 11 is 0. The third-order valence-electron chi connectivity index (χ3n) is 4.46. The lowest BCUT2D eigenvalue weighted by molar-refractivity contribution is 0.0903. The number of hydrogen-bond acceptors (Lipinski definition) is 4. The molecule has 1 atom stereocenters. The fourth-order valence-corrected chi connectivity index (χ4v) is 3.13. The van der Waals surface area contributed by atoms with Crippen molar-refractivity contribution in [1.82, 2.24) is 20.0 Å². The Hall–Kier alpha value is -2.34. The predicted molar refractivity (Wildman–Crippen MR) is 93.2 cm³/mol. The summed E-state index contributed by atoms with van der Waals surface area (Å²) in [4.78, 5) is 14.8. The Morgan fingerprint density at radius 2 is 2.04 bits per heavy atom. The smallest absolute Gasteiger partial charge is 0.269 e. The molecule has 0 saturated carbocycles. The van der Waals surface area contributed by atoms with Crippen molar-refractivity contribution in [2.24, 2.45) is 7.05 Å². The quantitative estimate of drug-likeness (QED) is 0.931. The highest BCUT2D eigenvalue weighted by atomic mass is 16.5. The van der Waals surface area contributed by atoms with Crippen LogP contribution in [0.3, 0.4) is 0 Å². The summed E-state index contributed by atoms with van der Waals surface area (Å²) in [5.74, 6) is 0.735. The predicted octanol–water partition coefficient (Wildman–Crippen LogP) is 1.92. The molecule has 6 heteroatoms. The van der Waals surface area contributed by atoms with E-state index in [4.69, 9.17) is 4.74 Å². The molecule has 1 amide bonds. The van der Waals surface area contributed by atoms with Gasteiger partial charge in [0, 0.05) is 25.2 Å². The van der Waals surface area contributed by atoms with Gasteiger partial charge in [0.25, 0.3) is 5.91 Å². The monoisotopic (exact) mass is 328 g/mol. The molecule has 0 spiro atoms. The van der Waals surface area contributed by atoms with Crippen LogP contribution in [0.4, 0.5) is 0 Å². The summed E-state index contributed by atoms with van der Waals surface area (Å²) < 4.78 is 6.81. The van der Waals surface area contributed by atoms with Crippen LogP contribution in [0.5, 0.6) is 5.75 Å². The number of likely N-dealkylation sites (N-methyl/N-ethyl adjacent to an activating group) is 1. The molecule has 1 aliphatic rings. The van der Waals surface area contributed by atoms with Crippen LogP contribution < -0.4 is 10.1 Å². The van der Waals surface area contributed by atoms with Crippen LogP contribution in [0, 0.1) is 0 Å². The van der Waals surface area contributed by atoms with Gasteiger partial charge in [-0.05, 0) is 56.8 Å². The maximum Gasteiger partial charge on any atom is 0.269 e. The highest BCUT2D eigenvalue weighted by Gasteiger charge is 2.21.